The van der Waals surface area contributed by atoms with E-state index in [1.807, 2.05) is 30.3 Å². The van der Waals surface area contributed by atoms with Gasteiger partial charge in [-0.05, 0) is 24.1 Å². The molecule has 1 aromatic rings. The maximum atomic E-state index is 3.77. The Bertz CT molecular complexity index is 248. The highest BCUT2D eigenvalue weighted by molar-refractivity contribution is 5.48. The SMILES string of the molecule is [CH2]c1ccc(C=C=C)cc1. The third-order valence-electron chi connectivity index (χ3n) is 1.25. The quantitative estimate of drug-likeness (QED) is 0.511. The fourth-order valence-corrected chi connectivity index (χ4v) is 0.732. The van der Waals surface area contributed by atoms with Gasteiger partial charge in [0.2, 0.25) is 0 Å². The highest BCUT2D eigenvalue weighted by Gasteiger charge is 1.83. The highest BCUT2D eigenvalue weighted by atomic mass is 13.9. The van der Waals surface area contributed by atoms with Crippen LogP contribution in [0.4, 0.5) is 0 Å². The summed E-state index contributed by atoms with van der Waals surface area (Å²) in [5.41, 5.74) is 4.85. The molecule has 0 N–H and O–H groups in total. The molecule has 0 aliphatic carbocycles. The number of benzene rings is 1. The minimum atomic E-state index is 1.03. The van der Waals surface area contributed by atoms with E-state index in [2.05, 4.69) is 19.2 Å². The van der Waals surface area contributed by atoms with Gasteiger partial charge < -0.3 is 0 Å². The van der Waals surface area contributed by atoms with Gasteiger partial charge in [0.25, 0.3) is 0 Å². The first-order valence-electron chi connectivity index (χ1n) is 3.11. The minimum Gasteiger partial charge on any atom is -0.128 e. The van der Waals surface area contributed by atoms with E-state index >= 15 is 0 Å². The molecule has 0 atom stereocenters. The van der Waals surface area contributed by atoms with Crippen molar-refractivity contribution in [1.82, 2.24) is 0 Å². The Kier molecular flexibility index (Phi) is 2.09. The van der Waals surface area contributed by atoms with E-state index in [0.29, 0.717) is 0 Å². The molecule has 49 valence electrons. The lowest BCUT2D eigenvalue weighted by Crippen LogP contribution is -1.71. The largest absolute Gasteiger partial charge is 0.128 e. The first-order chi connectivity index (χ1) is 4.83. The van der Waals surface area contributed by atoms with Crippen LogP contribution in [-0.2, 0) is 0 Å². The van der Waals surface area contributed by atoms with E-state index in [4.69, 9.17) is 0 Å². The summed E-state index contributed by atoms with van der Waals surface area (Å²) in [5.74, 6) is 0. The van der Waals surface area contributed by atoms with Crippen LogP contribution in [0.5, 0.6) is 0 Å². The first kappa shape index (κ1) is 6.85. The van der Waals surface area contributed by atoms with Crippen LogP contribution in [0.2, 0.25) is 0 Å². The Morgan fingerprint density at radius 1 is 1.20 bits per heavy atom. The summed E-state index contributed by atoms with van der Waals surface area (Å²) in [6.07, 6.45) is 1.83. The second-order valence-corrected chi connectivity index (χ2v) is 2.09. The summed E-state index contributed by atoms with van der Waals surface area (Å²) >= 11 is 0. The molecule has 0 nitrogen and oxygen atoms in total. The van der Waals surface area contributed by atoms with Gasteiger partial charge in [-0.3, -0.25) is 0 Å². The first-order valence-corrected chi connectivity index (χ1v) is 3.11. The lowest BCUT2D eigenvalue weighted by molar-refractivity contribution is 1.59. The fraction of sp³-hybridized carbons (Fsp3) is 0. The summed E-state index contributed by atoms with van der Waals surface area (Å²) in [5, 5.41) is 0. The molecule has 10 heavy (non-hydrogen) atoms. The van der Waals surface area contributed by atoms with Crippen LogP contribution in [0.1, 0.15) is 11.1 Å². The maximum Gasteiger partial charge on any atom is -0.0133 e. The molecule has 0 unspecified atom stereocenters. The van der Waals surface area contributed by atoms with Crippen molar-refractivity contribution in [2.75, 3.05) is 0 Å². The zero-order valence-corrected chi connectivity index (χ0v) is 5.80. The van der Waals surface area contributed by atoms with Crippen molar-refractivity contribution in [3.63, 3.8) is 0 Å². The van der Waals surface area contributed by atoms with Gasteiger partial charge in [-0.1, -0.05) is 30.8 Å². The molecule has 0 aromatic heterocycles. The predicted molar refractivity (Wildman–Crippen MR) is 44.5 cm³/mol. The van der Waals surface area contributed by atoms with Crippen molar-refractivity contribution in [2.45, 2.75) is 0 Å². The van der Waals surface area contributed by atoms with Gasteiger partial charge in [-0.15, -0.1) is 5.73 Å². The molecule has 0 aliphatic heterocycles. The second-order valence-electron chi connectivity index (χ2n) is 2.09. The highest BCUT2D eigenvalue weighted by Crippen LogP contribution is 2.03. The molecule has 0 saturated heterocycles. The minimum absolute atomic E-state index is 1.03. The van der Waals surface area contributed by atoms with Crippen LogP contribution in [-0.4, -0.2) is 0 Å². The normalized spacial score (nSPS) is 8.50. The van der Waals surface area contributed by atoms with Gasteiger partial charge in [0.15, 0.2) is 0 Å². The van der Waals surface area contributed by atoms with E-state index in [0.717, 1.165) is 11.1 Å². The van der Waals surface area contributed by atoms with E-state index in [9.17, 15) is 0 Å². The third kappa shape index (κ3) is 1.61. The molecule has 0 spiro atoms. The zero-order chi connectivity index (χ0) is 7.40. The molecule has 0 heterocycles. The average Bonchev–Trinajstić information content (AvgIpc) is 1.95. The van der Waals surface area contributed by atoms with Crippen molar-refractivity contribution < 1.29 is 0 Å². The summed E-state index contributed by atoms with van der Waals surface area (Å²) < 4.78 is 0. The van der Waals surface area contributed by atoms with Crippen molar-refractivity contribution in [1.29, 1.82) is 0 Å². The Labute approximate surface area is 61.5 Å². The monoisotopic (exact) mass is 129 g/mol. The van der Waals surface area contributed by atoms with Crippen molar-refractivity contribution in [3.8, 4) is 0 Å². The maximum absolute atomic E-state index is 3.77. The van der Waals surface area contributed by atoms with Crippen molar-refractivity contribution >= 4 is 6.08 Å². The lowest BCUT2D eigenvalue weighted by Gasteiger charge is -1.91. The van der Waals surface area contributed by atoms with E-state index in [-0.39, 0.29) is 0 Å². The predicted octanol–water partition coefficient (Wildman–Crippen LogP) is 2.67. The smallest absolute Gasteiger partial charge is 0.0133 e. The lowest BCUT2D eigenvalue weighted by atomic mass is 10.1. The summed E-state index contributed by atoms with van der Waals surface area (Å²) in [7, 11) is 0. The Morgan fingerprint density at radius 3 is 2.30 bits per heavy atom. The van der Waals surface area contributed by atoms with Crippen LogP contribution in [0.25, 0.3) is 6.08 Å². The number of rotatable bonds is 1. The van der Waals surface area contributed by atoms with Gasteiger partial charge in [0.05, 0.1) is 0 Å². The molecule has 1 aromatic carbocycles. The topological polar surface area (TPSA) is 0 Å². The zero-order valence-electron chi connectivity index (χ0n) is 5.80. The number of hydrogen-bond acceptors (Lipinski definition) is 0. The van der Waals surface area contributed by atoms with Gasteiger partial charge in [0.1, 0.15) is 0 Å². The molecule has 0 saturated carbocycles. The van der Waals surface area contributed by atoms with Crippen LogP contribution in [0.3, 0.4) is 0 Å². The van der Waals surface area contributed by atoms with Crippen LogP contribution >= 0.6 is 0 Å². The standard InChI is InChI=1S/C10H9/c1-3-4-10-7-5-9(2)6-8-10/h4-8H,1-2H2. The van der Waals surface area contributed by atoms with E-state index < -0.39 is 0 Å². The van der Waals surface area contributed by atoms with Crippen LogP contribution in [0, 0.1) is 6.92 Å². The second kappa shape index (κ2) is 3.05. The Morgan fingerprint density at radius 2 is 1.80 bits per heavy atom. The fourth-order valence-electron chi connectivity index (χ4n) is 0.732. The Hall–Kier alpha value is -1.26. The van der Waals surface area contributed by atoms with Crippen LogP contribution < -0.4 is 0 Å². The van der Waals surface area contributed by atoms with Crippen LogP contribution in [0.15, 0.2) is 36.6 Å². The molecular weight excluding hydrogens is 120 g/mol. The van der Waals surface area contributed by atoms with Gasteiger partial charge >= 0.3 is 0 Å². The summed E-state index contributed by atoms with van der Waals surface area (Å²) in [6.45, 7) is 7.25. The third-order valence-corrected chi connectivity index (χ3v) is 1.25. The summed E-state index contributed by atoms with van der Waals surface area (Å²) in [6, 6.07) is 7.90. The van der Waals surface area contributed by atoms with E-state index in [1.165, 1.54) is 0 Å². The molecule has 0 fully saturated rings. The van der Waals surface area contributed by atoms with Crippen molar-refractivity contribution in [3.05, 3.63) is 54.6 Å². The van der Waals surface area contributed by atoms with E-state index in [1.54, 1.807) is 0 Å². The van der Waals surface area contributed by atoms with Gasteiger partial charge in [-0.25, -0.2) is 0 Å². The molecule has 1 rings (SSSR count). The Balaban J connectivity index is 3.00. The molecule has 0 heteroatoms. The van der Waals surface area contributed by atoms with Gasteiger partial charge in [-0.2, -0.15) is 0 Å². The summed E-state index contributed by atoms with van der Waals surface area (Å²) in [4.78, 5) is 0. The van der Waals surface area contributed by atoms with Gasteiger partial charge in [0, 0.05) is 0 Å². The molecule has 1 radical (unpaired) electrons. The molecule has 0 aliphatic rings. The molecular formula is C10H9. The molecule has 0 bridgehead atoms. The average molecular weight is 129 g/mol. The molecule has 0 amide bonds. The number of hydrogen-bond donors (Lipinski definition) is 0. The van der Waals surface area contributed by atoms with Crippen molar-refractivity contribution in [2.24, 2.45) is 0 Å².